The third-order valence-corrected chi connectivity index (χ3v) is 4.23. The van der Waals surface area contributed by atoms with Crippen molar-refractivity contribution >= 4 is 13.0 Å². The highest BCUT2D eigenvalue weighted by atomic mass is 16.7. The van der Waals surface area contributed by atoms with Crippen LogP contribution in [-0.4, -0.2) is 42.2 Å². The topological polar surface area (TPSA) is 38.8 Å². The summed E-state index contributed by atoms with van der Waals surface area (Å²) in [6.45, 7) is 11.6. The van der Waals surface area contributed by atoms with E-state index in [2.05, 4.69) is 0 Å². The van der Waals surface area contributed by atoms with Gasteiger partial charge < -0.3 is 14.2 Å². The Morgan fingerprint density at radius 1 is 1.28 bits per heavy atom. The van der Waals surface area contributed by atoms with Crippen LogP contribution in [0.3, 0.4) is 0 Å². The first-order valence-corrected chi connectivity index (χ1v) is 6.62. The van der Waals surface area contributed by atoms with Crippen LogP contribution in [0.2, 0.25) is 0 Å². The minimum atomic E-state index is -0.377. The molecule has 0 atom stereocenters. The van der Waals surface area contributed by atoms with Crippen LogP contribution in [0.1, 0.15) is 41.0 Å². The maximum Gasteiger partial charge on any atom is 0.490 e. The molecule has 4 nitrogen and oxygen atoms in total. The molecular formula is C13H22BNO3. The molecule has 5 heteroatoms. The Morgan fingerprint density at radius 3 is 2.28 bits per heavy atom. The summed E-state index contributed by atoms with van der Waals surface area (Å²) < 4.78 is 11.9. The molecule has 0 radical (unpaired) electrons. The van der Waals surface area contributed by atoms with Crippen LogP contribution in [0.4, 0.5) is 0 Å². The zero-order valence-corrected chi connectivity index (χ0v) is 11.9. The molecule has 1 amide bonds. The summed E-state index contributed by atoms with van der Waals surface area (Å²) in [6.07, 6.45) is 2.51. The standard InChI is InChI=1S/C13H22BNO3/c1-6-15-8-7-10(9-11(15)16)14-17-12(2,3)13(4,5)18-14/h9H,6-8H2,1-5H3. The number of likely N-dealkylation sites (N-methyl/N-ethyl adjacent to an activating group) is 1. The Morgan fingerprint density at radius 2 is 1.83 bits per heavy atom. The van der Waals surface area contributed by atoms with Gasteiger partial charge in [0.15, 0.2) is 0 Å². The summed E-state index contributed by atoms with van der Waals surface area (Å²) in [5.41, 5.74) is 0.274. The lowest BCUT2D eigenvalue weighted by Crippen LogP contribution is -2.41. The Bertz CT molecular complexity index is 374. The second-order valence-electron chi connectivity index (χ2n) is 5.98. The van der Waals surface area contributed by atoms with Crippen LogP contribution in [0, 0.1) is 0 Å². The van der Waals surface area contributed by atoms with Gasteiger partial charge in [-0.3, -0.25) is 4.79 Å². The summed E-state index contributed by atoms with van der Waals surface area (Å²) in [6, 6.07) is 0. The van der Waals surface area contributed by atoms with Gasteiger partial charge in [-0.2, -0.15) is 0 Å². The molecule has 2 rings (SSSR count). The molecule has 0 N–H and O–H groups in total. The molecule has 0 aromatic carbocycles. The summed E-state index contributed by atoms with van der Waals surface area (Å²) in [7, 11) is -0.377. The van der Waals surface area contributed by atoms with Gasteiger partial charge in [0, 0.05) is 13.1 Å². The molecule has 0 unspecified atom stereocenters. The summed E-state index contributed by atoms with van der Waals surface area (Å²) in [5, 5.41) is 0. The van der Waals surface area contributed by atoms with Crippen molar-refractivity contribution in [2.75, 3.05) is 13.1 Å². The minimum absolute atomic E-state index is 0.0634. The maximum atomic E-state index is 11.9. The van der Waals surface area contributed by atoms with E-state index in [1.807, 2.05) is 39.5 Å². The molecule has 0 saturated carbocycles. The molecule has 1 fully saturated rings. The molecule has 0 aromatic rings. The summed E-state index contributed by atoms with van der Waals surface area (Å²) in [5.74, 6) is 0.0634. The second kappa shape index (κ2) is 4.39. The van der Waals surface area contributed by atoms with Crippen molar-refractivity contribution in [3.63, 3.8) is 0 Å². The third kappa shape index (κ3) is 2.21. The minimum Gasteiger partial charge on any atom is -0.400 e. The molecule has 0 spiro atoms. The lowest BCUT2D eigenvalue weighted by atomic mass is 9.74. The van der Waals surface area contributed by atoms with Crippen molar-refractivity contribution in [1.29, 1.82) is 0 Å². The third-order valence-electron chi connectivity index (χ3n) is 4.23. The van der Waals surface area contributed by atoms with Gasteiger partial charge in [0.05, 0.1) is 11.2 Å². The van der Waals surface area contributed by atoms with Gasteiger partial charge in [-0.15, -0.1) is 0 Å². The van der Waals surface area contributed by atoms with Gasteiger partial charge in [0.2, 0.25) is 5.91 Å². The van der Waals surface area contributed by atoms with Crippen LogP contribution in [0.5, 0.6) is 0 Å². The Labute approximate surface area is 109 Å². The lowest BCUT2D eigenvalue weighted by molar-refractivity contribution is -0.126. The number of hydrogen-bond donors (Lipinski definition) is 0. The first kappa shape index (κ1) is 13.6. The zero-order chi connectivity index (χ0) is 13.6. The average molecular weight is 251 g/mol. The van der Waals surface area contributed by atoms with Crippen LogP contribution in [0.15, 0.2) is 11.5 Å². The van der Waals surface area contributed by atoms with Crippen LogP contribution >= 0.6 is 0 Å². The summed E-state index contributed by atoms with van der Waals surface area (Å²) >= 11 is 0. The normalized spacial score (nSPS) is 26.5. The van der Waals surface area contributed by atoms with Gasteiger partial charge >= 0.3 is 7.12 Å². The summed E-state index contributed by atoms with van der Waals surface area (Å²) in [4.78, 5) is 13.7. The molecule has 100 valence electrons. The van der Waals surface area contributed by atoms with E-state index in [9.17, 15) is 4.79 Å². The Kier molecular flexibility index (Phi) is 3.32. The molecule has 1 saturated heterocycles. The molecule has 0 bridgehead atoms. The number of hydrogen-bond acceptors (Lipinski definition) is 3. The molecule has 2 heterocycles. The van der Waals surface area contributed by atoms with E-state index >= 15 is 0 Å². The van der Waals surface area contributed by atoms with Crippen LogP contribution in [-0.2, 0) is 14.1 Å². The van der Waals surface area contributed by atoms with Gasteiger partial charge in [0.1, 0.15) is 0 Å². The number of carbonyl (C=O) groups is 1. The number of rotatable bonds is 2. The van der Waals surface area contributed by atoms with Gasteiger partial charge in [-0.25, -0.2) is 0 Å². The fraction of sp³-hybridized carbons (Fsp3) is 0.769. The van der Waals surface area contributed by atoms with E-state index in [0.29, 0.717) is 0 Å². The second-order valence-corrected chi connectivity index (χ2v) is 5.98. The largest absolute Gasteiger partial charge is 0.490 e. The highest BCUT2D eigenvalue weighted by molar-refractivity contribution is 6.55. The Balaban J connectivity index is 2.14. The van der Waals surface area contributed by atoms with Crippen molar-refractivity contribution in [3.8, 4) is 0 Å². The number of amides is 1. The average Bonchev–Trinajstić information content (AvgIpc) is 2.48. The van der Waals surface area contributed by atoms with E-state index in [-0.39, 0.29) is 24.2 Å². The highest BCUT2D eigenvalue weighted by Gasteiger charge is 2.52. The first-order valence-electron chi connectivity index (χ1n) is 6.62. The van der Waals surface area contributed by atoms with E-state index < -0.39 is 0 Å². The van der Waals surface area contributed by atoms with Gasteiger partial charge in [0.25, 0.3) is 0 Å². The monoisotopic (exact) mass is 251 g/mol. The molecule has 0 aliphatic carbocycles. The van der Waals surface area contributed by atoms with Crippen molar-refractivity contribution < 1.29 is 14.1 Å². The first-order chi connectivity index (χ1) is 8.27. The molecule has 18 heavy (non-hydrogen) atoms. The lowest BCUT2D eigenvalue weighted by Gasteiger charge is -2.32. The van der Waals surface area contributed by atoms with Crippen molar-refractivity contribution in [2.45, 2.75) is 52.2 Å². The fourth-order valence-corrected chi connectivity index (χ4v) is 2.19. The van der Waals surface area contributed by atoms with E-state index in [4.69, 9.17) is 9.31 Å². The SMILES string of the molecule is CCN1CCC(B2OC(C)(C)C(C)(C)O2)=CC1=O. The van der Waals surface area contributed by atoms with Gasteiger partial charge in [-0.05, 0) is 52.6 Å². The van der Waals surface area contributed by atoms with Crippen LogP contribution < -0.4 is 0 Å². The quantitative estimate of drug-likeness (QED) is 0.702. The predicted octanol–water partition coefficient (Wildman–Crippen LogP) is 1.80. The molecule has 2 aliphatic rings. The zero-order valence-electron chi connectivity index (χ0n) is 11.9. The molecule has 0 aromatic heterocycles. The van der Waals surface area contributed by atoms with E-state index in [0.717, 1.165) is 25.0 Å². The predicted molar refractivity (Wildman–Crippen MR) is 71.0 cm³/mol. The molecular weight excluding hydrogens is 229 g/mol. The van der Waals surface area contributed by atoms with Gasteiger partial charge in [-0.1, -0.05) is 0 Å². The van der Waals surface area contributed by atoms with Crippen LogP contribution in [0.25, 0.3) is 0 Å². The Hall–Kier alpha value is -0.805. The maximum absolute atomic E-state index is 11.9. The fourth-order valence-electron chi connectivity index (χ4n) is 2.19. The van der Waals surface area contributed by atoms with Crippen molar-refractivity contribution in [1.82, 2.24) is 4.90 Å². The van der Waals surface area contributed by atoms with E-state index in [1.54, 1.807) is 6.08 Å². The number of carbonyl (C=O) groups excluding carboxylic acids is 1. The smallest absolute Gasteiger partial charge is 0.400 e. The van der Waals surface area contributed by atoms with Crippen molar-refractivity contribution in [3.05, 3.63) is 11.5 Å². The molecule has 2 aliphatic heterocycles. The highest BCUT2D eigenvalue weighted by Crippen LogP contribution is 2.39. The van der Waals surface area contributed by atoms with Crippen molar-refractivity contribution in [2.24, 2.45) is 0 Å². The number of nitrogens with zero attached hydrogens (tertiary/aromatic N) is 1. The van der Waals surface area contributed by atoms with E-state index in [1.165, 1.54) is 0 Å².